The molecule has 2 aromatic rings. The maximum absolute atomic E-state index is 13.0. The average Bonchev–Trinajstić information content (AvgIpc) is 3.20. The van der Waals surface area contributed by atoms with Crippen LogP contribution in [0, 0.1) is 11.8 Å². The summed E-state index contributed by atoms with van der Waals surface area (Å²) in [7, 11) is 0. The van der Waals surface area contributed by atoms with Crippen molar-refractivity contribution in [3.8, 4) is 0 Å². The van der Waals surface area contributed by atoms with Crippen LogP contribution in [0.2, 0.25) is 0 Å². The zero-order valence-corrected chi connectivity index (χ0v) is 17.7. The first-order chi connectivity index (χ1) is 14.3. The number of likely N-dealkylation sites (tertiary alicyclic amines) is 1. The summed E-state index contributed by atoms with van der Waals surface area (Å²) >= 11 is 0. The highest BCUT2D eigenvalue weighted by atomic mass is 16.6. The molecule has 2 aromatic carbocycles. The number of nitrogens with zero attached hydrogens (tertiary/aromatic N) is 1. The molecule has 0 saturated carbocycles. The van der Waals surface area contributed by atoms with Crippen LogP contribution in [0.3, 0.4) is 0 Å². The van der Waals surface area contributed by atoms with Gasteiger partial charge in [0.05, 0.1) is 0 Å². The van der Waals surface area contributed by atoms with Crippen LogP contribution in [-0.2, 0) is 16.1 Å². The number of amides is 1. The summed E-state index contributed by atoms with van der Waals surface area (Å²) in [6.45, 7) is 8.07. The molecular formula is C25H28N2O3. The Morgan fingerprint density at radius 2 is 1.77 bits per heavy atom. The van der Waals surface area contributed by atoms with Crippen molar-refractivity contribution < 1.29 is 14.3 Å². The van der Waals surface area contributed by atoms with Crippen molar-refractivity contribution in [2.75, 3.05) is 18.4 Å². The molecule has 5 heteroatoms. The zero-order valence-electron chi connectivity index (χ0n) is 17.7. The Morgan fingerprint density at radius 1 is 1.07 bits per heavy atom. The fourth-order valence-electron chi connectivity index (χ4n) is 4.22. The van der Waals surface area contributed by atoms with Crippen molar-refractivity contribution in [2.45, 2.75) is 32.9 Å². The average molecular weight is 405 g/mol. The number of rotatable bonds is 4. The van der Waals surface area contributed by atoms with E-state index in [-0.39, 0.29) is 17.6 Å². The Kier molecular flexibility index (Phi) is 5.48. The number of carbonyl (C=O) groups is 2. The van der Waals surface area contributed by atoms with Crippen LogP contribution < -0.4 is 5.32 Å². The Bertz CT molecular complexity index is 958. The van der Waals surface area contributed by atoms with Gasteiger partial charge >= 0.3 is 6.09 Å². The van der Waals surface area contributed by atoms with Gasteiger partial charge in [0, 0.05) is 42.7 Å². The van der Waals surface area contributed by atoms with Crippen LogP contribution >= 0.6 is 0 Å². The molecule has 1 aliphatic heterocycles. The highest BCUT2D eigenvalue weighted by Crippen LogP contribution is 2.39. The molecule has 2 atom stereocenters. The number of hydrogen-bond acceptors (Lipinski definition) is 4. The van der Waals surface area contributed by atoms with Gasteiger partial charge in [0.25, 0.3) is 0 Å². The van der Waals surface area contributed by atoms with Gasteiger partial charge in [-0.05, 0) is 44.0 Å². The molecule has 0 radical (unpaired) electrons. The summed E-state index contributed by atoms with van der Waals surface area (Å²) < 4.78 is 5.27. The highest BCUT2D eigenvalue weighted by Gasteiger charge is 2.42. The zero-order chi connectivity index (χ0) is 21.3. The van der Waals surface area contributed by atoms with Crippen LogP contribution in [0.15, 0.2) is 60.7 Å². The fraction of sp³-hybridized carbons (Fsp3) is 0.360. The Labute approximate surface area is 177 Å². The first kappa shape index (κ1) is 20.4. The SMILES string of the molecule is CC(C)(C)OC(=O)Nc1ccc(C2=CC3CN(Cc4ccccc4)CC3C2=O)cc1. The minimum absolute atomic E-state index is 0.0447. The molecule has 1 amide bonds. The number of Topliss-reactive ketones (excluding diaryl/α,β-unsaturated/α-hetero) is 1. The molecule has 30 heavy (non-hydrogen) atoms. The Balaban J connectivity index is 1.39. The first-order valence-electron chi connectivity index (χ1n) is 10.4. The van der Waals surface area contributed by atoms with E-state index in [9.17, 15) is 9.59 Å². The van der Waals surface area contributed by atoms with Gasteiger partial charge in [0.2, 0.25) is 0 Å². The topological polar surface area (TPSA) is 58.6 Å². The highest BCUT2D eigenvalue weighted by molar-refractivity contribution is 6.24. The summed E-state index contributed by atoms with van der Waals surface area (Å²) in [5, 5.41) is 2.72. The second-order valence-electron chi connectivity index (χ2n) is 9.10. The third-order valence-electron chi connectivity index (χ3n) is 5.51. The largest absolute Gasteiger partial charge is 0.444 e. The van der Waals surface area contributed by atoms with E-state index in [0.717, 1.165) is 30.8 Å². The number of hydrogen-bond donors (Lipinski definition) is 1. The van der Waals surface area contributed by atoms with Gasteiger partial charge < -0.3 is 4.74 Å². The van der Waals surface area contributed by atoms with Crippen molar-refractivity contribution in [2.24, 2.45) is 11.8 Å². The number of nitrogens with one attached hydrogen (secondary N) is 1. The lowest BCUT2D eigenvalue weighted by Gasteiger charge is -2.19. The van der Waals surface area contributed by atoms with Gasteiger partial charge in [-0.2, -0.15) is 0 Å². The summed E-state index contributed by atoms with van der Waals surface area (Å²) in [6.07, 6.45) is 1.65. The molecule has 0 spiro atoms. The van der Waals surface area contributed by atoms with Gasteiger partial charge in [-0.25, -0.2) is 4.79 Å². The quantitative estimate of drug-likeness (QED) is 0.799. The maximum Gasteiger partial charge on any atom is 0.412 e. The van der Waals surface area contributed by atoms with Gasteiger partial charge in [-0.3, -0.25) is 15.0 Å². The number of allylic oxidation sites excluding steroid dienone is 1. The van der Waals surface area contributed by atoms with E-state index in [1.165, 1.54) is 5.56 Å². The number of carbonyl (C=O) groups excluding carboxylic acids is 2. The van der Waals surface area contributed by atoms with Gasteiger partial charge in [-0.1, -0.05) is 48.5 Å². The molecule has 1 fully saturated rings. The van der Waals surface area contributed by atoms with Gasteiger partial charge in [0.1, 0.15) is 5.60 Å². The third kappa shape index (κ3) is 4.62. The molecule has 156 valence electrons. The summed E-state index contributed by atoms with van der Waals surface area (Å²) in [5.41, 5.74) is 3.08. The van der Waals surface area contributed by atoms with Crippen LogP contribution in [0.4, 0.5) is 10.5 Å². The molecule has 2 unspecified atom stereocenters. The Morgan fingerprint density at radius 3 is 2.40 bits per heavy atom. The first-order valence-corrected chi connectivity index (χ1v) is 10.4. The molecule has 1 heterocycles. The monoisotopic (exact) mass is 404 g/mol. The smallest absolute Gasteiger partial charge is 0.412 e. The maximum atomic E-state index is 13.0. The van der Waals surface area contributed by atoms with E-state index in [1.807, 2.05) is 51.1 Å². The normalized spacial score (nSPS) is 21.3. The van der Waals surface area contributed by atoms with E-state index in [0.29, 0.717) is 5.69 Å². The fourth-order valence-corrected chi connectivity index (χ4v) is 4.22. The molecule has 5 nitrogen and oxygen atoms in total. The molecule has 1 N–H and O–H groups in total. The van der Waals surface area contributed by atoms with Gasteiger partial charge in [0.15, 0.2) is 5.78 Å². The van der Waals surface area contributed by atoms with E-state index in [4.69, 9.17) is 4.74 Å². The number of anilines is 1. The number of fused-ring (bicyclic) bond motifs is 1. The van der Waals surface area contributed by atoms with Crippen molar-refractivity contribution in [3.63, 3.8) is 0 Å². The van der Waals surface area contributed by atoms with Crippen molar-refractivity contribution in [1.82, 2.24) is 4.90 Å². The van der Waals surface area contributed by atoms with Crippen LogP contribution in [0.25, 0.3) is 5.57 Å². The molecule has 0 bridgehead atoms. The number of ketones is 1. The molecule has 4 rings (SSSR count). The van der Waals surface area contributed by atoms with Crippen molar-refractivity contribution in [3.05, 3.63) is 71.8 Å². The minimum Gasteiger partial charge on any atom is -0.444 e. The third-order valence-corrected chi connectivity index (χ3v) is 5.51. The van der Waals surface area contributed by atoms with Crippen LogP contribution in [0.5, 0.6) is 0 Å². The summed E-state index contributed by atoms with van der Waals surface area (Å²) in [5.74, 6) is 0.544. The number of benzene rings is 2. The second kappa shape index (κ2) is 8.07. The predicted octanol–water partition coefficient (Wildman–Crippen LogP) is 4.75. The second-order valence-corrected chi connectivity index (χ2v) is 9.10. The van der Waals surface area contributed by atoms with Crippen molar-refractivity contribution >= 4 is 23.1 Å². The Hall–Kier alpha value is -2.92. The van der Waals surface area contributed by atoms with E-state index in [1.54, 1.807) is 0 Å². The van der Waals surface area contributed by atoms with Crippen LogP contribution in [0.1, 0.15) is 31.9 Å². The van der Waals surface area contributed by atoms with E-state index < -0.39 is 11.7 Å². The van der Waals surface area contributed by atoms with E-state index >= 15 is 0 Å². The lowest BCUT2D eigenvalue weighted by Crippen LogP contribution is -2.27. The lowest BCUT2D eigenvalue weighted by atomic mass is 9.97. The van der Waals surface area contributed by atoms with Crippen LogP contribution in [-0.4, -0.2) is 35.5 Å². The summed E-state index contributed by atoms with van der Waals surface area (Å²) in [4.78, 5) is 27.3. The number of ether oxygens (including phenoxy) is 1. The van der Waals surface area contributed by atoms with E-state index in [2.05, 4.69) is 40.6 Å². The molecule has 0 aromatic heterocycles. The standard InChI is InChI=1S/C25H28N2O3/c1-25(2,3)30-24(29)26-20-11-9-18(10-12-20)21-13-19-15-27(16-22(19)23(21)28)14-17-7-5-4-6-8-17/h4-13,19,22H,14-16H2,1-3H3,(H,26,29). The van der Waals surface area contributed by atoms with Gasteiger partial charge in [-0.15, -0.1) is 0 Å². The summed E-state index contributed by atoms with van der Waals surface area (Å²) in [6, 6.07) is 17.8. The predicted molar refractivity (Wildman–Crippen MR) is 118 cm³/mol. The molecule has 1 aliphatic carbocycles. The lowest BCUT2D eigenvalue weighted by molar-refractivity contribution is -0.116. The minimum atomic E-state index is -0.544. The molecule has 2 aliphatic rings. The molecular weight excluding hydrogens is 376 g/mol. The van der Waals surface area contributed by atoms with Crippen molar-refractivity contribution in [1.29, 1.82) is 0 Å². The molecule has 1 saturated heterocycles.